The van der Waals surface area contributed by atoms with Crippen LogP contribution in [0.1, 0.15) is 45.9 Å². The first-order valence-corrected chi connectivity index (χ1v) is 12.6. The lowest BCUT2D eigenvalue weighted by Crippen LogP contribution is -2.26. The molecule has 1 aliphatic heterocycles. The Morgan fingerprint density at radius 2 is 1.90 bits per heavy atom. The van der Waals surface area contributed by atoms with Crippen molar-refractivity contribution in [1.29, 1.82) is 0 Å². The molecule has 5 rings (SSSR count). The zero-order chi connectivity index (χ0) is 28.6. The van der Waals surface area contributed by atoms with Crippen LogP contribution in [-0.2, 0) is 11.2 Å². The predicted octanol–water partition coefficient (Wildman–Crippen LogP) is 3.27. The molecule has 2 heterocycles. The highest BCUT2D eigenvalue weighted by atomic mass is 19.2. The molecule has 12 heteroatoms. The molecule has 40 heavy (non-hydrogen) atoms. The number of amides is 2. The number of carbonyl (C=O) groups is 2. The number of hydrogen-bond donors (Lipinski definition) is 3. The minimum atomic E-state index is -1.35. The maximum Gasteiger partial charge on any atom is 0.251 e. The van der Waals surface area contributed by atoms with Gasteiger partial charge in [-0.2, -0.15) is 0 Å². The number of aromatic nitrogens is 1. The van der Waals surface area contributed by atoms with Crippen LogP contribution in [0.3, 0.4) is 0 Å². The number of nitrogens with zero attached hydrogens (tertiary/aromatic N) is 2. The normalized spacial score (nSPS) is 16.1. The topological polar surface area (TPSA) is 142 Å². The summed E-state index contributed by atoms with van der Waals surface area (Å²) in [5.41, 5.74) is 13.2. The maximum absolute atomic E-state index is 14.7. The Labute approximate surface area is 227 Å². The number of hydrogen-bond acceptors (Lipinski definition) is 7. The highest BCUT2D eigenvalue weighted by molar-refractivity contribution is 5.99. The Bertz CT molecular complexity index is 1540. The number of benzene rings is 2. The van der Waals surface area contributed by atoms with Gasteiger partial charge in [0.1, 0.15) is 35.5 Å². The van der Waals surface area contributed by atoms with Gasteiger partial charge in [0, 0.05) is 53.2 Å². The van der Waals surface area contributed by atoms with E-state index in [1.807, 2.05) is 0 Å². The van der Waals surface area contributed by atoms with Gasteiger partial charge in [-0.15, -0.1) is 0 Å². The first-order chi connectivity index (χ1) is 19.2. The number of anilines is 1. The predicted molar refractivity (Wildman–Crippen MR) is 141 cm³/mol. The molecule has 208 valence electrons. The second kappa shape index (κ2) is 10.9. The molecular weight excluding hydrogens is 527 g/mol. The molecule has 1 fully saturated rings. The number of primary amides is 1. The molecule has 3 aromatic rings. The fraction of sp³-hybridized carbons (Fsp3) is 0.286. The Balaban J connectivity index is 1.39. The van der Waals surface area contributed by atoms with Crippen molar-refractivity contribution < 1.29 is 32.2 Å². The maximum atomic E-state index is 14.7. The summed E-state index contributed by atoms with van der Waals surface area (Å²) < 4.78 is 53.1. The van der Waals surface area contributed by atoms with E-state index >= 15 is 0 Å². The van der Waals surface area contributed by atoms with Crippen molar-refractivity contribution in [2.24, 2.45) is 10.7 Å². The second-order valence-electron chi connectivity index (χ2n) is 9.59. The third-order valence-electron chi connectivity index (χ3n) is 6.73. The van der Waals surface area contributed by atoms with Crippen molar-refractivity contribution in [3.63, 3.8) is 0 Å². The monoisotopic (exact) mass is 553 g/mol. The van der Waals surface area contributed by atoms with Gasteiger partial charge in [-0.25, -0.2) is 18.2 Å². The van der Waals surface area contributed by atoms with Gasteiger partial charge >= 0.3 is 0 Å². The van der Waals surface area contributed by atoms with Crippen molar-refractivity contribution >= 4 is 23.7 Å². The highest BCUT2D eigenvalue weighted by Gasteiger charge is 2.33. The summed E-state index contributed by atoms with van der Waals surface area (Å²) in [4.78, 5) is 33.8. The molecule has 1 atom stereocenters. The molecule has 5 N–H and O–H groups in total. The Morgan fingerprint density at radius 3 is 2.60 bits per heavy atom. The van der Waals surface area contributed by atoms with E-state index in [4.69, 9.17) is 20.9 Å². The van der Waals surface area contributed by atoms with Crippen LogP contribution in [-0.4, -0.2) is 49.3 Å². The fourth-order valence-corrected chi connectivity index (χ4v) is 4.40. The van der Waals surface area contributed by atoms with Crippen molar-refractivity contribution in [3.8, 4) is 22.8 Å². The highest BCUT2D eigenvalue weighted by Crippen LogP contribution is 2.42. The Hall–Kier alpha value is -4.61. The summed E-state index contributed by atoms with van der Waals surface area (Å²) >= 11 is 0. The number of rotatable bonds is 9. The lowest BCUT2D eigenvalue weighted by atomic mass is 9.97. The smallest absolute Gasteiger partial charge is 0.251 e. The molecule has 2 aromatic carbocycles. The number of halogens is 3. The van der Waals surface area contributed by atoms with Crippen LogP contribution in [0.4, 0.5) is 18.9 Å². The van der Waals surface area contributed by atoms with Gasteiger partial charge < -0.3 is 26.3 Å². The zero-order valence-corrected chi connectivity index (χ0v) is 21.5. The fourth-order valence-electron chi connectivity index (χ4n) is 4.40. The van der Waals surface area contributed by atoms with Crippen LogP contribution >= 0.6 is 0 Å². The molecule has 0 radical (unpaired) electrons. The van der Waals surface area contributed by atoms with Gasteiger partial charge in [-0.05, 0) is 37.1 Å². The number of ether oxygens (including phenoxy) is 2. The van der Waals surface area contributed by atoms with E-state index in [9.17, 15) is 22.8 Å². The van der Waals surface area contributed by atoms with Crippen LogP contribution in [0.5, 0.6) is 11.5 Å². The molecule has 2 amide bonds. The average molecular weight is 554 g/mol. The lowest BCUT2D eigenvalue weighted by molar-refractivity contribution is -0.119. The van der Waals surface area contributed by atoms with Crippen molar-refractivity contribution in [2.75, 3.05) is 26.0 Å². The summed E-state index contributed by atoms with van der Waals surface area (Å²) in [5, 5.41) is 2.79. The van der Waals surface area contributed by atoms with Crippen LogP contribution in [0.15, 0.2) is 35.3 Å². The van der Waals surface area contributed by atoms with Gasteiger partial charge in [0.05, 0.1) is 18.8 Å². The van der Waals surface area contributed by atoms with Crippen LogP contribution in [0, 0.1) is 17.5 Å². The molecule has 0 unspecified atom stereocenters. The van der Waals surface area contributed by atoms with E-state index < -0.39 is 35.2 Å². The van der Waals surface area contributed by atoms with E-state index in [0.29, 0.717) is 46.0 Å². The van der Waals surface area contributed by atoms with E-state index in [2.05, 4.69) is 15.3 Å². The van der Waals surface area contributed by atoms with Crippen LogP contribution in [0.2, 0.25) is 0 Å². The molecule has 1 saturated carbocycles. The summed E-state index contributed by atoms with van der Waals surface area (Å²) in [7, 11) is 1.45. The molecule has 1 aromatic heterocycles. The first-order valence-electron chi connectivity index (χ1n) is 12.6. The zero-order valence-electron chi connectivity index (χ0n) is 21.5. The van der Waals surface area contributed by atoms with E-state index in [1.54, 1.807) is 18.3 Å². The molecule has 0 spiro atoms. The number of nitrogens with two attached hydrogens (primary N) is 2. The minimum absolute atomic E-state index is 0.0656. The summed E-state index contributed by atoms with van der Waals surface area (Å²) in [6, 6.07) is 6.07. The van der Waals surface area contributed by atoms with Crippen molar-refractivity contribution in [3.05, 3.63) is 70.2 Å². The van der Waals surface area contributed by atoms with Gasteiger partial charge in [-0.1, -0.05) is 0 Å². The summed E-state index contributed by atoms with van der Waals surface area (Å²) in [6.45, 7) is 0.000785. The molecular formula is C28H26F3N5O4. The number of pyridine rings is 1. The molecule has 1 aliphatic carbocycles. The Morgan fingerprint density at radius 1 is 1.15 bits per heavy atom. The number of methoxy groups -OCH3 is 1. The SMILES string of the molecule is COc1cc(C(=O)NCCc2cc3c(c(-c4cc(F)c(F)cc4F)n2)OC[C@@H]3C(N)=O)cc(C=NC2CC2)c1N. The molecule has 9 nitrogen and oxygen atoms in total. The van der Waals surface area contributed by atoms with Crippen molar-refractivity contribution in [1.82, 2.24) is 10.3 Å². The largest absolute Gasteiger partial charge is 0.495 e. The number of aliphatic imine (C=N–C) groups is 1. The van der Waals surface area contributed by atoms with E-state index in [1.165, 1.54) is 13.2 Å². The molecule has 0 bridgehead atoms. The van der Waals surface area contributed by atoms with Crippen LogP contribution < -0.4 is 26.3 Å². The lowest BCUT2D eigenvalue weighted by Gasteiger charge is -2.13. The number of fused-ring (bicyclic) bond motifs is 1. The molecule has 0 saturated heterocycles. The first kappa shape index (κ1) is 27.0. The van der Waals surface area contributed by atoms with Gasteiger partial charge in [0.2, 0.25) is 5.91 Å². The van der Waals surface area contributed by atoms with Gasteiger partial charge in [-0.3, -0.25) is 14.6 Å². The Kier molecular flexibility index (Phi) is 7.33. The number of carbonyl (C=O) groups excluding carboxylic acids is 2. The average Bonchev–Trinajstić information content (AvgIpc) is 3.65. The quantitative estimate of drug-likeness (QED) is 0.211. The van der Waals surface area contributed by atoms with E-state index in [-0.39, 0.29) is 42.6 Å². The van der Waals surface area contributed by atoms with Gasteiger partial charge in [0.15, 0.2) is 11.6 Å². The third kappa shape index (κ3) is 5.42. The second-order valence-corrected chi connectivity index (χ2v) is 9.59. The van der Waals surface area contributed by atoms with Crippen molar-refractivity contribution in [2.45, 2.75) is 31.2 Å². The number of nitrogen functional groups attached to an aromatic ring is 1. The standard InChI is InChI=1S/C28H26F3N5O4/c1-39-23-7-13(6-14(24(23)32)11-35-15-2-3-15)28(38)34-5-4-16-8-17-19(27(33)37)12-40-26(17)25(36-16)18-9-21(30)22(31)10-20(18)29/h6-11,15,19H,2-5,12,32H2,1H3,(H2,33,37)(H,34,38)/t19-/m0/s1. The third-order valence-corrected chi connectivity index (χ3v) is 6.73. The summed E-state index contributed by atoms with van der Waals surface area (Å²) in [5.74, 6) is -5.19. The van der Waals surface area contributed by atoms with Crippen LogP contribution in [0.25, 0.3) is 11.3 Å². The number of nitrogens with one attached hydrogen (secondary N) is 1. The van der Waals surface area contributed by atoms with Gasteiger partial charge in [0.25, 0.3) is 5.91 Å². The molecule has 2 aliphatic rings. The minimum Gasteiger partial charge on any atom is -0.495 e. The van der Waals surface area contributed by atoms with E-state index in [0.717, 1.165) is 12.8 Å². The summed E-state index contributed by atoms with van der Waals surface area (Å²) in [6.07, 6.45) is 3.82.